The molecule has 0 aliphatic heterocycles. The molecule has 1 aliphatic rings. The number of carboxylic acid groups (broad SMARTS) is 1. The van der Waals surface area contributed by atoms with E-state index in [1.165, 1.54) is 0 Å². The summed E-state index contributed by atoms with van der Waals surface area (Å²) in [6, 6.07) is 7.59. The van der Waals surface area contributed by atoms with E-state index in [2.05, 4.69) is 5.32 Å². The maximum absolute atomic E-state index is 12.4. The van der Waals surface area contributed by atoms with Crippen LogP contribution in [-0.4, -0.2) is 22.5 Å². The van der Waals surface area contributed by atoms with E-state index in [0.29, 0.717) is 30.7 Å². The molecule has 0 spiro atoms. The van der Waals surface area contributed by atoms with Gasteiger partial charge in [-0.1, -0.05) is 29.8 Å². The van der Waals surface area contributed by atoms with Crippen molar-refractivity contribution in [3.05, 3.63) is 34.9 Å². The van der Waals surface area contributed by atoms with Crippen LogP contribution in [0.1, 0.15) is 38.7 Å². The van der Waals surface area contributed by atoms with Crippen molar-refractivity contribution >= 4 is 23.5 Å². The lowest BCUT2D eigenvalue weighted by atomic mass is 9.93. The summed E-state index contributed by atoms with van der Waals surface area (Å²) in [6.07, 6.45) is 2.29. The second-order valence-corrected chi connectivity index (χ2v) is 7.09. The van der Waals surface area contributed by atoms with E-state index in [1.54, 1.807) is 0 Å². The highest BCUT2D eigenvalue weighted by atomic mass is 35.5. The normalized spacial score (nSPS) is 21.6. The zero-order valence-electron chi connectivity index (χ0n) is 12.9. The molecule has 0 aromatic heterocycles. The molecule has 1 saturated carbocycles. The zero-order chi connectivity index (χ0) is 16.3. The van der Waals surface area contributed by atoms with Gasteiger partial charge in [-0.15, -0.1) is 0 Å². The molecule has 2 N–H and O–H groups in total. The lowest BCUT2D eigenvalue weighted by Gasteiger charge is -2.28. The first-order valence-corrected chi connectivity index (χ1v) is 7.94. The van der Waals surface area contributed by atoms with E-state index < -0.39 is 11.5 Å². The Bertz CT molecular complexity index is 571. The van der Waals surface area contributed by atoms with Crippen LogP contribution in [0.2, 0.25) is 5.02 Å². The molecule has 0 bridgehead atoms. The molecular formula is C17H22ClNO3. The summed E-state index contributed by atoms with van der Waals surface area (Å²) >= 11 is 6.17. The molecule has 1 aromatic rings. The van der Waals surface area contributed by atoms with Crippen LogP contribution in [0.15, 0.2) is 24.3 Å². The second-order valence-electron chi connectivity index (χ2n) is 6.69. The molecule has 1 fully saturated rings. The van der Waals surface area contributed by atoms with E-state index in [-0.39, 0.29) is 17.7 Å². The van der Waals surface area contributed by atoms with Crippen LogP contribution in [0.5, 0.6) is 0 Å². The van der Waals surface area contributed by atoms with Gasteiger partial charge < -0.3 is 10.4 Å². The molecular weight excluding hydrogens is 302 g/mol. The van der Waals surface area contributed by atoms with Gasteiger partial charge >= 0.3 is 5.97 Å². The molecule has 0 unspecified atom stereocenters. The lowest BCUT2D eigenvalue weighted by molar-refractivity contribution is -0.141. The predicted molar refractivity (Wildman–Crippen MR) is 85.8 cm³/mol. The number of carboxylic acids is 1. The summed E-state index contributed by atoms with van der Waals surface area (Å²) < 4.78 is 0. The number of rotatable bonds is 5. The Balaban J connectivity index is 1.95. The largest absolute Gasteiger partial charge is 0.481 e. The average Bonchev–Trinajstić information content (AvgIpc) is 2.90. The summed E-state index contributed by atoms with van der Waals surface area (Å²) in [4.78, 5) is 23.4. The topological polar surface area (TPSA) is 66.4 Å². The first-order valence-electron chi connectivity index (χ1n) is 7.57. The minimum Gasteiger partial charge on any atom is -0.481 e. The van der Waals surface area contributed by atoms with Crippen LogP contribution >= 0.6 is 11.6 Å². The Labute approximate surface area is 135 Å². The minimum absolute atomic E-state index is 0.0548. The number of amides is 1. The Morgan fingerprint density at radius 3 is 2.50 bits per heavy atom. The first kappa shape index (κ1) is 16.8. The third-order valence-corrected chi connectivity index (χ3v) is 4.57. The van der Waals surface area contributed by atoms with Crippen molar-refractivity contribution in [1.29, 1.82) is 0 Å². The van der Waals surface area contributed by atoms with Crippen molar-refractivity contribution in [2.24, 2.45) is 11.8 Å². The number of carbonyl (C=O) groups is 2. The molecule has 0 heterocycles. The van der Waals surface area contributed by atoms with Gasteiger partial charge in [0.1, 0.15) is 0 Å². The van der Waals surface area contributed by atoms with Gasteiger partial charge in [-0.25, -0.2) is 0 Å². The van der Waals surface area contributed by atoms with Crippen molar-refractivity contribution in [3.8, 4) is 0 Å². The molecule has 2 rings (SSSR count). The molecule has 0 saturated heterocycles. The summed E-state index contributed by atoms with van der Waals surface area (Å²) in [6.45, 7) is 3.91. The zero-order valence-corrected chi connectivity index (χ0v) is 13.7. The Hall–Kier alpha value is -1.55. The second kappa shape index (κ2) is 6.69. The molecule has 4 nitrogen and oxygen atoms in total. The van der Waals surface area contributed by atoms with Gasteiger partial charge in [0.2, 0.25) is 5.91 Å². The number of hydrogen-bond acceptors (Lipinski definition) is 2. The molecule has 1 amide bonds. The highest BCUT2D eigenvalue weighted by Crippen LogP contribution is 2.32. The van der Waals surface area contributed by atoms with Crippen LogP contribution in [0.25, 0.3) is 0 Å². The van der Waals surface area contributed by atoms with Crippen molar-refractivity contribution in [3.63, 3.8) is 0 Å². The van der Waals surface area contributed by atoms with Crippen LogP contribution in [0, 0.1) is 11.8 Å². The summed E-state index contributed by atoms with van der Waals surface area (Å²) in [7, 11) is 0. The maximum atomic E-state index is 12.4. The number of halogens is 1. The summed E-state index contributed by atoms with van der Waals surface area (Å²) in [5.74, 6) is -1.44. The van der Waals surface area contributed by atoms with Gasteiger partial charge in [0.15, 0.2) is 0 Å². The fourth-order valence-electron chi connectivity index (χ4n) is 3.04. The third-order valence-electron chi connectivity index (χ3n) is 4.20. The van der Waals surface area contributed by atoms with Gasteiger partial charge in [0.25, 0.3) is 0 Å². The van der Waals surface area contributed by atoms with E-state index >= 15 is 0 Å². The number of hydrogen-bond donors (Lipinski definition) is 2. The highest BCUT2D eigenvalue weighted by molar-refractivity contribution is 6.31. The third kappa shape index (κ3) is 4.23. The smallest absolute Gasteiger partial charge is 0.306 e. The minimum atomic E-state index is -0.800. The van der Waals surface area contributed by atoms with Gasteiger partial charge in [-0.2, -0.15) is 0 Å². The Morgan fingerprint density at radius 2 is 1.91 bits per heavy atom. The number of carbonyl (C=O) groups excluding carboxylic acids is 1. The quantitative estimate of drug-likeness (QED) is 0.874. The van der Waals surface area contributed by atoms with Crippen molar-refractivity contribution < 1.29 is 14.7 Å². The number of nitrogens with one attached hydrogen (secondary N) is 1. The highest BCUT2D eigenvalue weighted by Gasteiger charge is 2.35. The lowest BCUT2D eigenvalue weighted by Crippen LogP contribution is -2.47. The summed E-state index contributed by atoms with van der Waals surface area (Å²) in [5, 5.41) is 12.8. The van der Waals surface area contributed by atoms with E-state index in [1.807, 2.05) is 38.1 Å². The van der Waals surface area contributed by atoms with Crippen LogP contribution in [-0.2, 0) is 16.0 Å². The Kier molecular flexibility index (Phi) is 5.12. The average molecular weight is 324 g/mol. The van der Waals surface area contributed by atoms with Crippen molar-refractivity contribution in [2.45, 2.75) is 45.1 Å². The molecule has 0 radical (unpaired) electrons. The molecule has 1 aromatic carbocycles. The standard InChI is InChI=1S/C17H22ClNO3/c1-17(2,10-13-5-3-4-6-14(13)18)19-15(20)11-7-8-12(9-11)16(21)22/h3-6,11-12H,7-10H2,1-2H3,(H,19,20)(H,21,22)/t11-,12+/m1/s1. The fourth-order valence-corrected chi connectivity index (χ4v) is 3.24. The molecule has 1 aliphatic carbocycles. The number of aliphatic carboxylic acids is 1. The SMILES string of the molecule is CC(C)(Cc1ccccc1Cl)NC(=O)[C@@H]1CC[C@H](C(=O)O)C1. The fraction of sp³-hybridized carbons (Fsp3) is 0.529. The van der Waals surface area contributed by atoms with Crippen LogP contribution in [0.4, 0.5) is 0 Å². The van der Waals surface area contributed by atoms with Gasteiger partial charge in [-0.3, -0.25) is 9.59 Å². The summed E-state index contributed by atoms with van der Waals surface area (Å²) in [5.41, 5.74) is 0.563. The van der Waals surface area contributed by atoms with E-state index in [9.17, 15) is 9.59 Å². The molecule has 2 atom stereocenters. The Morgan fingerprint density at radius 1 is 1.27 bits per heavy atom. The van der Waals surface area contributed by atoms with Crippen LogP contribution < -0.4 is 5.32 Å². The number of benzene rings is 1. The monoisotopic (exact) mass is 323 g/mol. The maximum Gasteiger partial charge on any atom is 0.306 e. The van der Waals surface area contributed by atoms with Crippen molar-refractivity contribution in [2.75, 3.05) is 0 Å². The van der Waals surface area contributed by atoms with Gasteiger partial charge in [-0.05, 0) is 51.2 Å². The van der Waals surface area contributed by atoms with Crippen molar-refractivity contribution in [1.82, 2.24) is 5.32 Å². The predicted octanol–water partition coefficient (Wildman–Crippen LogP) is 3.28. The van der Waals surface area contributed by atoms with Gasteiger partial charge in [0.05, 0.1) is 5.92 Å². The van der Waals surface area contributed by atoms with Crippen LogP contribution in [0.3, 0.4) is 0 Å². The van der Waals surface area contributed by atoms with E-state index in [4.69, 9.17) is 16.7 Å². The first-order chi connectivity index (χ1) is 10.3. The molecule has 22 heavy (non-hydrogen) atoms. The van der Waals surface area contributed by atoms with E-state index in [0.717, 1.165) is 5.56 Å². The van der Waals surface area contributed by atoms with Gasteiger partial charge in [0, 0.05) is 16.5 Å². The molecule has 5 heteroatoms. The molecule has 120 valence electrons.